The predicted octanol–water partition coefficient (Wildman–Crippen LogP) is 3.85. The van der Waals surface area contributed by atoms with E-state index in [9.17, 15) is 8.78 Å². The van der Waals surface area contributed by atoms with Crippen molar-refractivity contribution in [2.45, 2.75) is 6.05 Å². The fourth-order valence-electron chi connectivity index (χ4n) is 1.42. The Hall–Kier alpha value is -1.90. The molecule has 2 rings (SSSR count). The fourth-order valence-corrected chi connectivity index (χ4v) is 1.42. The first-order valence-electron chi connectivity index (χ1n) is 4.95. The molecule has 0 spiro atoms. The van der Waals surface area contributed by atoms with Crippen molar-refractivity contribution in [3.05, 3.63) is 66.2 Å². The largest absolute Gasteiger partial charge is 0.350 e. The lowest BCUT2D eigenvalue weighted by Crippen LogP contribution is -2.24. The monoisotopic (exact) mass is 219 g/mol. The molecule has 1 nitrogen and oxygen atoms in total. The number of nitrogens with one attached hydrogen (secondary N) is 1. The van der Waals surface area contributed by atoms with E-state index >= 15 is 0 Å². The first-order chi connectivity index (χ1) is 7.68. The van der Waals surface area contributed by atoms with Crippen LogP contribution >= 0.6 is 0 Å². The number of hydrogen-bond donors (Lipinski definition) is 1. The van der Waals surface area contributed by atoms with E-state index in [1.54, 1.807) is 48.5 Å². The van der Waals surface area contributed by atoms with Gasteiger partial charge in [-0.1, -0.05) is 48.5 Å². The van der Waals surface area contributed by atoms with Gasteiger partial charge in [-0.15, -0.1) is 0 Å². The zero-order valence-electron chi connectivity index (χ0n) is 8.53. The Morgan fingerprint density at radius 1 is 0.750 bits per heavy atom. The molecule has 0 unspecified atom stereocenters. The van der Waals surface area contributed by atoms with Crippen molar-refractivity contribution in [3.63, 3.8) is 0 Å². The standard InChI is InChI=1S/C13H11F2N/c14-13(15,11-7-3-1-4-8-11)16-12-9-5-2-6-10-12/h1-10,16H. The topological polar surface area (TPSA) is 12.0 Å². The molecular formula is C13H11F2N. The maximum atomic E-state index is 13.7. The quantitative estimate of drug-likeness (QED) is 0.773. The van der Waals surface area contributed by atoms with Crippen LogP contribution in [0.3, 0.4) is 0 Å². The predicted molar refractivity (Wildman–Crippen MR) is 60.4 cm³/mol. The summed E-state index contributed by atoms with van der Waals surface area (Å²) in [6.45, 7) is 0. The van der Waals surface area contributed by atoms with Gasteiger partial charge in [0.2, 0.25) is 0 Å². The van der Waals surface area contributed by atoms with Crippen LogP contribution in [-0.4, -0.2) is 0 Å². The first-order valence-corrected chi connectivity index (χ1v) is 4.95. The van der Waals surface area contributed by atoms with Gasteiger partial charge in [-0.2, -0.15) is 8.78 Å². The van der Waals surface area contributed by atoms with Crippen LogP contribution < -0.4 is 5.32 Å². The highest BCUT2D eigenvalue weighted by Crippen LogP contribution is 2.29. The maximum absolute atomic E-state index is 13.7. The Kier molecular flexibility index (Phi) is 2.86. The minimum Gasteiger partial charge on any atom is -0.323 e. The van der Waals surface area contributed by atoms with Gasteiger partial charge in [-0.05, 0) is 12.1 Å². The summed E-state index contributed by atoms with van der Waals surface area (Å²) in [6, 6.07) is 13.1. The lowest BCUT2D eigenvalue weighted by atomic mass is 10.2. The van der Waals surface area contributed by atoms with E-state index in [2.05, 4.69) is 5.32 Å². The van der Waals surface area contributed by atoms with Crippen LogP contribution in [-0.2, 0) is 6.05 Å². The summed E-state index contributed by atoms with van der Waals surface area (Å²) in [5.74, 6) is 0. The zero-order valence-corrected chi connectivity index (χ0v) is 8.53. The highest BCUT2D eigenvalue weighted by Gasteiger charge is 2.30. The second-order valence-electron chi connectivity index (χ2n) is 3.43. The Morgan fingerprint density at radius 3 is 1.81 bits per heavy atom. The molecule has 0 aromatic heterocycles. The Balaban J connectivity index is 2.21. The van der Waals surface area contributed by atoms with Crippen molar-refractivity contribution < 1.29 is 8.78 Å². The number of benzene rings is 2. The average molecular weight is 219 g/mol. The van der Waals surface area contributed by atoms with E-state index in [1.807, 2.05) is 0 Å². The van der Waals surface area contributed by atoms with Gasteiger partial charge in [0.25, 0.3) is 0 Å². The van der Waals surface area contributed by atoms with Gasteiger partial charge < -0.3 is 5.32 Å². The summed E-state index contributed by atoms with van der Waals surface area (Å²) in [4.78, 5) is 0. The van der Waals surface area contributed by atoms with Gasteiger partial charge in [-0.3, -0.25) is 0 Å². The third kappa shape index (κ3) is 2.37. The molecule has 0 heterocycles. The maximum Gasteiger partial charge on any atom is 0.350 e. The number of alkyl halides is 2. The van der Waals surface area contributed by atoms with Gasteiger partial charge in [0.05, 0.1) is 0 Å². The smallest absolute Gasteiger partial charge is 0.323 e. The molecule has 2 aromatic carbocycles. The summed E-state index contributed by atoms with van der Waals surface area (Å²) in [6.07, 6.45) is 0. The molecule has 0 atom stereocenters. The first kappa shape index (κ1) is 10.6. The molecule has 0 aliphatic carbocycles. The summed E-state index contributed by atoms with van der Waals surface area (Å²) >= 11 is 0. The molecule has 0 fully saturated rings. The normalized spacial score (nSPS) is 11.1. The average Bonchev–Trinajstić information content (AvgIpc) is 2.31. The van der Waals surface area contributed by atoms with E-state index < -0.39 is 6.05 Å². The Morgan fingerprint density at radius 2 is 1.25 bits per heavy atom. The summed E-state index contributed by atoms with van der Waals surface area (Å²) in [7, 11) is 0. The molecule has 82 valence electrons. The van der Waals surface area contributed by atoms with Gasteiger partial charge in [0.15, 0.2) is 0 Å². The zero-order chi connectivity index (χ0) is 11.4. The molecule has 0 radical (unpaired) electrons. The molecule has 2 aromatic rings. The molecule has 0 bridgehead atoms. The van der Waals surface area contributed by atoms with Crippen molar-refractivity contribution in [1.29, 1.82) is 0 Å². The summed E-state index contributed by atoms with van der Waals surface area (Å²) < 4.78 is 27.5. The number of hydrogen-bond acceptors (Lipinski definition) is 1. The second-order valence-corrected chi connectivity index (χ2v) is 3.43. The van der Waals surface area contributed by atoms with Gasteiger partial charge in [-0.25, -0.2) is 0 Å². The molecular weight excluding hydrogens is 208 g/mol. The van der Waals surface area contributed by atoms with E-state index in [1.165, 1.54) is 12.1 Å². The third-order valence-electron chi connectivity index (χ3n) is 2.21. The molecule has 0 aliphatic heterocycles. The van der Waals surface area contributed by atoms with Crippen LogP contribution in [0.5, 0.6) is 0 Å². The van der Waals surface area contributed by atoms with Gasteiger partial charge in [0, 0.05) is 11.3 Å². The van der Waals surface area contributed by atoms with E-state index in [0.717, 1.165) is 0 Å². The lowest BCUT2D eigenvalue weighted by Gasteiger charge is -2.19. The molecule has 16 heavy (non-hydrogen) atoms. The Bertz CT molecular complexity index is 440. The van der Waals surface area contributed by atoms with E-state index in [4.69, 9.17) is 0 Å². The van der Waals surface area contributed by atoms with Crippen LogP contribution in [0.2, 0.25) is 0 Å². The molecule has 0 amide bonds. The van der Waals surface area contributed by atoms with Crippen molar-refractivity contribution in [1.82, 2.24) is 0 Å². The minimum absolute atomic E-state index is 0.0427. The van der Waals surface area contributed by atoms with E-state index in [0.29, 0.717) is 5.69 Å². The molecule has 0 saturated carbocycles. The van der Waals surface area contributed by atoms with Crippen LogP contribution in [0.4, 0.5) is 14.5 Å². The summed E-state index contributed by atoms with van der Waals surface area (Å²) in [5.41, 5.74) is 0.357. The second kappa shape index (κ2) is 4.31. The highest BCUT2D eigenvalue weighted by atomic mass is 19.3. The third-order valence-corrected chi connectivity index (χ3v) is 2.21. The minimum atomic E-state index is -3.05. The molecule has 0 aliphatic rings. The van der Waals surface area contributed by atoms with Crippen LogP contribution in [0.25, 0.3) is 0 Å². The van der Waals surface area contributed by atoms with Crippen molar-refractivity contribution in [2.75, 3.05) is 5.32 Å². The van der Waals surface area contributed by atoms with Crippen molar-refractivity contribution >= 4 is 5.69 Å². The van der Waals surface area contributed by atoms with Crippen molar-refractivity contribution in [3.8, 4) is 0 Å². The fraction of sp³-hybridized carbons (Fsp3) is 0.0769. The molecule has 1 N–H and O–H groups in total. The SMILES string of the molecule is FC(F)(Nc1ccccc1)c1ccccc1. The van der Waals surface area contributed by atoms with Crippen molar-refractivity contribution in [2.24, 2.45) is 0 Å². The highest BCUT2D eigenvalue weighted by molar-refractivity contribution is 5.45. The number of anilines is 1. The van der Waals surface area contributed by atoms with Gasteiger partial charge >= 0.3 is 6.05 Å². The van der Waals surface area contributed by atoms with Crippen LogP contribution in [0, 0.1) is 0 Å². The number of rotatable bonds is 3. The number of para-hydroxylation sites is 1. The van der Waals surface area contributed by atoms with Crippen LogP contribution in [0.1, 0.15) is 5.56 Å². The number of halogens is 2. The molecule has 3 heteroatoms. The Labute approximate surface area is 92.7 Å². The van der Waals surface area contributed by atoms with Crippen LogP contribution in [0.15, 0.2) is 60.7 Å². The van der Waals surface area contributed by atoms with Gasteiger partial charge in [0.1, 0.15) is 0 Å². The summed E-state index contributed by atoms with van der Waals surface area (Å²) in [5, 5.41) is 2.20. The molecule has 0 saturated heterocycles. The lowest BCUT2D eigenvalue weighted by molar-refractivity contribution is 0.0285. The van der Waals surface area contributed by atoms with E-state index in [-0.39, 0.29) is 5.56 Å².